The molecule has 39 heavy (non-hydrogen) atoms. The first kappa shape index (κ1) is 29.3. The molecule has 0 aliphatic carbocycles. The van der Waals surface area contributed by atoms with Gasteiger partial charge in [0.1, 0.15) is 0 Å². The van der Waals surface area contributed by atoms with Crippen molar-refractivity contribution >= 4 is 11.4 Å². The molecule has 0 aliphatic rings. The molecule has 0 spiro atoms. The maximum Gasteiger partial charge on any atom is 0.419 e. The molecule has 0 atom stereocenters. The van der Waals surface area contributed by atoms with Crippen molar-refractivity contribution < 1.29 is 39.5 Å². The van der Waals surface area contributed by atoms with E-state index in [1.54, 1.807) is 12.1 Å². The highest BCUT2D eigenvalue weighted by molar-refractivity contribution is 5.79. The molecule has 0 saturated heterocycles. The van der Waals surface area contributed by atoms with E-state index in [4.69, 9.17) is 11.5 Å². The minimum atomic E-state index is -5.16. The van der Waals surface area contributed by atoms with Crippen molar-refractivity contribution in [3.63, 3.8) is 0 Å². The summed E-state index contributed by atoms with van der Waals surface area (Å²) in [5, 5.41) is 0. The molecule has 0 heterocycles. The van der Waals surface area contributed by atoms with Crippen LogP contribution in [0.25, 0.3) is 0 Å². The van der Waals surface area contributed by atoms with Gasteiger partial charge in [0.25, 0.3) is 0 Å². The Labute approximate surface area is 217 Å². The van der Waals surface area contributed by atoms with Crippen molar-refractivity contribution in [3.8, 4) is 23.7 Å². The zero-order valence-corrected chi connectivity index (χ0v) is 20.5. The molecule has 0 aromatic heterocycles. The van der Waals surface area contributed by atoms with Crippen molar-refractivity contribution in [1.29, 1.82) is 0 Å². The van der Waals surface area contributed by atoms with Crippen molar-refractivity contribution in [2.75, 3.05) is 11.5 Å². The normalized spacial score (nSPS) is 11.9. The van der Waals surface area contributed by atoms with Gasteiger partial charge in [0.05, 0.1) is 39.2 Å². The lowest BCUT2D eigenvalue weighted by Crippen LogP contribution is -2.16. The predicted molar refractivity (Wildman–Crippen MR) is 129 cm³/mol. The highest BCUT2D eigenvalue weighted by Gasteiger charge is 2.39. The molecule has 11 heteroatoms. The van der Waals surface area contributed by atoms with Gasteiger partial charge in [-0.05, 0) is 67.8 Å². The van der Waals surface area contributed by atoms with Crippen LogP contribution >= 0.6 is 0 Å². The Balaban J connectivity index is 2.26. The van der Waals surface area contributed by atoms with Gasteiger partial charge in [-0.1, -0.05) is 29.7 Å². The van der Waals surface area contributed by atoms with E-state index in [-0.39, 0.29) is 17.2 Å². The third kappa shape index (κ3) is 6.61. The summed E-state index contributed by atoms with van der Waals surface area (Å²) >= 11 is 0. The fraction of sp³-hybridized carbons (Fsp3) is 0.214. The second kappa shape index (κ2) is 10.1. The molecule has 0 fully saturated rings. The smallest absolute Gasteiger partial charge is 0.397 e. The highest BCUT2D eigenvalue weighted by atomic mass is 19.4. The zero-order valence-electron chi connectivity index (χ0n) is 20.5. The minimum absolute atomic E-state index is 0.0155. The van der Waals surface area contributed by atoms with Gasteiger partial charge in [0.2, 0.25) is 0 Å². The first-order valence-corrected chi connectivity index (χ1v) is 11.0. The average Bonchev–Trinajstić information content (AvgIpc) is 2.77. The fourth-order valence-electron chi connectivity index (χ4n) is 3.85. The molecule has 3 aromatic rings. The van der Waals surface area contributed by atoms with Gasteiger partial charge >= 0.3 is 18.5 Å². The molecule has 3 rings (SSSR count). The first-order valence-electron chi connectivity index (χ1n) is 11.0. The lowest BCUT2D eigenvalue weighted by atomic mass is 9.93. The van der Waals surface area contributed by atoms with Crippen LogP contribution in [0, 0.1) is 44.5 Å². The molecule has 0 unspecified atom stereocenters. The molecule has 4 N–H and O–H groups in total. The lowest BCUT2D eigenvalue weighted by Gasteiger charge is -2.18. The maximum atomic E-state index is 14.1. The number of rotatable bonds is 0. The molecule has 2 nitrogen and oxygen atoms in total. The van der Waals surface area contributed by atoms with Crippen LogP contribution in [-0.2, 0) is 18.5 Å². The molecule has 0 aliphatic heterocycles. The average molecular weight is 554 g/mol. The monoisotopic (exact) mass is 554 g/mol. The van der Waals surface area contributed by atoms with Crippen LogP contribution in [0.1, 0.15) is 55.6 Å². The molecular weight excluding hydrogens is 535 g/mol. The Morgan fingerprint density at radius 1 is 0.513 bits per heavy atom. The predicted octanol–water partition coefficient (Wildman–Crippen LogP) is 7.63. The van der Waals surface area contributed by atoms with Crippen LogP contribution in [0.3, 0.4) is 0 Å². The van der Waals surface area contributed by atoms with Gasteiger partial charge in [-0.25, -0.2) is 0 Å². The summed E-state index contributed by atoms with van der Waals surface area (Å²) in [4.78, 5) is 0. The van der Waals surface area contributed by atoms with Gasteiger partial charge in [-0.3, -0.25) is 0 Å². The summed E-state index contributed by atoms with van der Waals surface area (Å²) < 4.78 is 121. The van der Waals surface area contributed by atoms with E-state index in [1.165, 1.54) is 6.92 Å². The minimum Gasteiger partial charge on any atom is -0.397 e. The van der Waals surface area contributed by atoms with Gasteiger partial charge in [-0.2, -0.15) is 39.5 Å². The van der Waals surface area contributed by atoms with Gasteiger partial charge in [0, 0.05) is 11.1 Å². The van der Waals surface area contributed by atoms with E-state index >= 15 is 0 Å². The third-order valence-electron chi connectivity index (χ3n) is 5.59. The Hall–Kier alpha value is -4.25. The van der Waals surface area contributed by atoms with Crippen molar-refractivity contribution in [3.05, 3.63) is 92.0 Å². The molecule has 3 aromatic carbocycles. The summed E-state index contributed by atoms with van der Waals surface area (Å²) in [6, 6.07) is 5.77. The number of benzene rings is 3. The number of anilines is 2. The Morgan fingerprint density at radius 3 is 1.38 bits per heavy atom. The summed E-state index contributed by atoms with van der Waals surface area (Å²) in [5.41, 5.74) is 5.94. The summed E-state index contributed by atoms with van der Waals surface area (Å²) in [7, 11) is 0. The molecule has 0 saturated carbocycles. The SMILES string of the molecule is Cc1cc(C)cc(C#Cc2c(C)c(N)c(C#Cc3cc(C(F)(F)F)cc(C(F)(F)F)c3)c(C(F)(F)F)c2N)c1. The zero-order chi connectivity index (χ0) is 29.5. The van der Waals surface area contributed by atoms with E-state index in [2.05, 4.69) is 11.8 Å². The van der Waals surface area contributed by atoms with Crippen molar-refractivity contribution in [1.82, 2.24) is 0 Å². The standard InChI is InChI=1S/C28H19F9N2/c1-14-8-15(2)10-17(9-14)4-6-21-16(3)24(38)22(23(25(21)39)28(35,36)37)7-5-18-11-19(26(29,30)31)13-20(12-18)27(32,33)34/h8-13H,38-39H2,1-3H3. The number of nitrogens with two attached hydrogens (primary N) is 2. The van der Waals surface area contributed by atoms with E-state index < -0.39 is 57.7 Å². The van der Waals surface area contributed by atoms with Crippen LogP contribution in [0.15, 0.2) is 36.4 Å². The second-order valence-corrected chi connectivity index (χ2v) is 8.75. The number of hydrogen-bond acceptors (Lipinski definition) is 2. The Bertz CT molecular complexity index is 1520. The number of alkyl halides is 9. The number of halogens is 9. The number of nitrogen functional groups attached to an aromatic ring is 2. The van der Waals surface area contributed by atoms with Crippen LogP contribution in [-0.4, -0.2) is 0 Å². The van der Waals surface area contributed by atoms with E-state index in [9.17, 15) is 39.5 Å². The molecule has 0 amide bonds. The number of aryl methyl sites for hydroxylation is 2. The fourth-order valence-corrected chi connectivity index (χ4v) is 3.85. The van der Waals surface area contributed by atoms with Crippen LogP contribution < -0.4 is 11.5 Å². The van der Waals surface area contributed by atoms with Crippen LogP contribution in [0.2, 0.25) is 0 Å². The van der Waals surface area contributed by atoms with E-state index in [0.29, 0.717) is 17.7 Å². The van der Waals surface area contributed by atoms with E-state index in [1.807, 2.05) is 31.8 Å². The van der Waals surface area contributed by atoms with E-state index in [0.717, 1.165) is 11.1 Å². The third-order valence-corrected chi connectivity index (χ3v) is 5.59. The molecular formula is C28H19F9N2. The summed E-state index contributed by atoms with van der Waals surface area (Å²) in [5.74, 6) is 9.31. The molecule has 0 bridgehead atoms. The largest absolute Gasteiger partial charge is 0.419 e. The highest BCUT2D eigenvalue weighted by Crippen LogP contribution is 2.42. The molecule has 204 valence electrons. The van der Waals surface area contributed by atoms with Crippen molar-refractivity contribution in [2.45, 2.75) is 39.3 Å². The lowest BCUT2D eigenvalue weighted by molar-refractivity contribution is -0.143. The summed E-state index contributed by atoms with van der Waals surface area (Å²) in [6.45, 7) is 4.95. The van der Waals surface area contributed by atoms with Crippen LogP contribution in [0.5, 0.6) is 0 Å². The van der Waals surface area contributed by atoms with Gasteiger partial charge < -0.3 is 11.5 Å². The Kier molecular flexibility index (Phi) is 7.62. The van der Waals surface area contributed by atoms with Crippen molar-refractivity contribution in [2.24, 2.45) is 0 Å². The van der Waals surface area contributed by atoms with Gasteiger partial charge in [-0.15, -0.1) is 0 Å². The topological polar surface area (TPSA) is 52.0 Å². The maximum absolute atomic E-state index is 14.1. The van der Waals surface area contributed by atoms with Gasteiger partial charge in [0.15, 0.2) is 0 Å². The van der Waals surface area contributed by atoms with Crippen LogP contribution in [0.4, 0.5) is 50.9 Å². The summed E-state index contributed by atoms with van der Waals surface area (Å²) in [6.07, 6.45) is -15.5. The number of hydrogen-bond donors (Lipinski definition) is 2. The second-order valence-electron chi connectivity index (χ2n) is 8.75. The molecule has 0 radical (unpaired) electrons. The Morgan fingerprint density at radius 2 is 0.949 bits per heavy atom. The first-order chi connectivity index (χ1) is 17.8. The quantitative estimate of drug-likeness (QED) is 0.171.